The zero-order valence-corrected chi connectivity index (χ0v) is 18.8. The van der Waals surface area contributed by atoms with Crippen molar-refractivity contribution in [3.8, 4) is 0 Å². The second kappa shape index (κ2) is 8.71. The number of benzene rings is 3. The van der Waals surface area contributed by atoms with E-state index >= 15 is 0 Å². The molecule has 6 nitrogen and oxygen atoms in total. The van der Waals surface area contributed by atoms with E-state index in [2.05, 4.69) is 46.3 Å². The first-order chi connectivity index (χ1) is 16.1. The molecule has 3 amide bonds. The van der Waals surface area contributed by atoms with Crippen molar-refractivity contribution in [1.82, 2.24) is 15.1 Å². The Morgan fingerprint density at radius 1 is 0.788 bits per heavy atom. The first-order valence-corrected chi connectivity index (χ1v) is 11.4. The average Bonchev–Trinajstić information content (AvgIpc) is 3.11. The smallest absolute Gasteiger partial charge is 0.326 e. The van der Waals surface area contributed by atoms with E-state index in [-0.39, 0.29) is 18.6 Å². The monoisotopic (exact) mass is 440 g/mol. The van der Waals surface area contributed by atoms with Crippen LogP contribution >= 0.6 is 0 Å². The van der Waals surface area contributed by atoms with Crippen LogP contribution in [0, 0.1) is 6.92 Å². The topological polar surface area (TPSA) is 55.9 Å². The van der Waals surface area contributed by atoms with E-state index in [1.54, 1.807) is 0 Å². The molecule has 5 rings (SSSR count). The molecule has 0 radical (unpaired) electrons. The Hall–Kier alpha value is -3.64. The van der Waals surface area contributed by atoms with Gasteiger partial charge < -0.3 is 10.2 Å². The number of imide groups is 1. The van der Waals surface area contributed by atoms with Crippen molar-refractivity contribution in [3.05, 3.63) is 102 Å². The molecule has 3 aromatic rings. The minimum Gasteiger partial charge on any atom is -0.369 e. The number of hydrogen-bond acceptors (Lipinski definition) is 4. The molecule has 0 saturated carbocycles. The standard InChI is InChI=1S/C27H28N4O2/c1-21-9-8-14-24(19-21)30-17-15-29(16-18-30)20-31-25(32)27(28-26(31)33,22-10-4-2-5-11-22)23-12-6-3-7-13-23/h2-14,19H,15-18,20H2,1H3,(H,28,33). The molecule has 0 aliphatic carbocycles. The van der Waals surface area contributed by atoms with Crippen LogP contribution in [0.3, 0.4) is 0 Å². The molecule has 0 aromatic heterocycles. The fraction of sp³-hybridized carbons (Fsp3) is 0.259. The van der Waals surface area contributed by atoms with E-state index in [4.69, 9.17) is 0 Å². The number of amides is 3. The van der Waals surface area contributed by atoms with Crippen LogP contribution in [0.1, 0.15) is 16.7 Å². The molecule has 2 aliphatic rings. The van der Waals surface area contributed by atoms with Gasteiger partial charge in [-0.1, -0.05) is 72.8 Å². The summed E-state index contributed by atoms with van der Waals surface area (Å²) in [4.78, 5) is 32.8. The Balaban J connectivity index is 1.35. The fourth-order valence-electron chi connectivity index (χ4n) is 4.81. The molecule has 0 unspecified atom stereocenters. The van der Waals surface area contributed by atoms with Crippen molar-refractivity contribution in [2.45, 2.75) is 12.5 Å². The van der Waals surface area contributed by atoms with Crippen molar-refractivity contribution in [3.63, 3.8) is 0 Å². The van der Waals surface area contributed by atoms with Crippen molar-refractivity contribution in [2.75, 3.05) is 37.7 Å². The number of aryl methyl sites for hydroxylation is 1. The van der Waals surface area contributed by atoms with Gasteiger partial charge in [-0.2, -0.15) is 0 Å². The third kappa shape index (κ3) is 3.87. The molecular formula is C27H28N4O2. The summed E-state index contributed by atoms with van der Waals surface area (Å²) in [5.41, 5.74) is 2.79. The first kappa shape index (κ1) is 21.2. The number of rotatable bonds is 5. The molecule has 0 atom stereocenters. The quantitative estimate of drug-likeness (QED) is 0.617. The Labute approximate surface area is 194 Å². The van der Waals surface area contributed by atoms with Gasteiger partial charge in [0.1, 0.15) is 0 Å². The molecular weight excluding hydrogens is 412 g/mol. The average molecular weight is 441 g/mol. The van der Waals surface area contributed by atoms with Crippen molar-refractivity contribution < 1.29 is 9.59 Å². The molecule has 1 N–H and O–H groups in total. The van der Waals surface area contributed by atoms with Crippen LogP contribution in [-0.2, 0) is 10.3 Å². The Kier molecular flexibility index (Phi) is 5.60. The molecule has 6 heteroatoms. The highest BCUT2D eigenvalue weighted by molar-refractivity contribution is 6.09. The van der Waals surface area contributed by atoms with Gasteiger partial charge in [-0.15, -0.1) is 0 Å². The van der Waals surface area contributed by atoms with Crippen LogP contribution in [0.15, 0.2) is 84.9 Å². The maximum absolute atomic E-state index is 13.8. The highest BCUT2D eigenvalue weighted by Crippen LogP contribution is 2.36. The van der Waals surface area contributed by atoms with Crippen molar-refractivity contribution in [2.24, 2.45) is 0 Å². The Bertz CT molecular complexity index is 1100. The first-order valence-electron chi connectivity index (χ1n) is 11.4. The summed E-state index contributed by atoms with van der Waals surface area (Å²) < 4.78 is 0. The van der Waals surface area contributed by atoms with Gasteiger partial charge >= 0.3 is 6.03 Å². The third-order valence-electron chi connectivity index (χ3n) is 6.60. The zero-order valence-electron chi connectivity index (χ0n) is 18.8. The lowest BCUT2D eigenvalue weighted by Gasteiger charge is -2.37. The van der Waals surface area contributed by atoms with Gasteiger partial charge in [0.25, 0.3) is 5.91 Å². The van der Waals surface area contributed by atoms with Gasteiger partial charge in [-0.05, 0) is 35.7 Å². The largest absolute Gasteiger partial charge is 0.369 e. The number of nitrogens with one attached hydrogen (secondary N) is 1. The number of urea groups is 1. The van der Waals surface area contributed by atoms with E-state index in [1.165, 1.54) is 16.2 Å². The van der Waals surface area contributed by atoms with Gasteiger partial charge in [0.2, 0.25) is 0 Å². The van der Waals surface area contributed by atoms with Crippen LogP contribution in [0.25, 0.3) is 0 Å². The molecule has 2 heterocycles. The Morgan fingerprint density at radius 3 is 1.97 bits per heavy atom. The van der Waals surface area contributed by atoms with E-state index in [0.29, 0.717) is 0 Å². The molecule has 3 aromatic carbocycles. The summed E-state index contributed by atoms with van der Waals surface area (Å²) in [6.07, 6.45) is 0. The maximum Gasteiger partial charge on any atom is 0.326 e. The predicted octanol–water partition coefficient (Wildman–Crippen LogP) is 3.57. The molecule has 0 spiro atoms. The third-order valence-corrected chi connectivity index (χ3v) is 6.60. The number of hydrogen-bond donors (Lipinski definition) is 1. The zero-order chi connectivity index (χ0) is 22.8. The van der Waals surface area contributed by atoms with E-state index in [1.807, 2.05) is 60.7 Å². The highest BCUT2D eigenvalue weighted by Gasteiger charge is 2.53. The van der Waals surface area contributed by atoms with Crippen LogP contribution in [-0.4, -0.2) is 54.6 Å². The molecule has 2 saturated heterocycles. The number of carbonyl (C=O) groups excluding carboxylic acids is 2. The van der Waals surface area contributed by atoms with E-state index in [0.717, 1.165) is 37.3 Å². The minimum atomic E-state index is -1.21. The summed E-state index contributed by atoms with van der Waals surface area (Å²) in [6.45, 7) is 5.67. The van der Waals surface area contributed by atoms with Crippen LogP contribution in [0.2, 0.25) is 0 Å². The number of piperazine rings is 1. The number of nitrogens with zero attached hydrogens (tertiary/aromatic N) is 3. The summed E-state index contributed by atoms with van der Waals surface area (Å²) >= 11 is 0. The molecule has 2 fully saturated rings. The molecule has 2 aliphatic heterocycles. The molecule has 0 bridgehead atoms. The minimum absolute atomic E-state index is 0.231. The van der Waals surface area contributed by atoms with Gasteiger partial charge in [-0.3, -0.25) is 9.69 Å². The van der Waals surface area contributed by atoms with Crippen molar-refractivity contribution >= 4 is 17.6 Å². The van der Waals surface area contributed by atoms with E-state index < -0.39 is 5.54 Å². The van der Waals surface area contributed by atoms with Gasteiger partial charge in [0.05, 0.1) is 6.67 Å². The number of anilines is 1. The highest BCUT2D eigenvalue weighted by atomic mass is 16.2. The second-order valence-corrected chi connectivity index (χ2v) is 8.73. The summed E-state index contributed by atoms with van der Waals surface area (Å²) in [7, 11) is 0. The van der Waals surface area contributed by atoms with Crippen LogP contribution in [0.4, 0.5) is 10.5 Å². The van der Waals surface area contributed by atoms with Gasteiger partial charge in [-0.25, -0.2) is 9.69 Å². The van der Waals surface area contributed by atoms with Crippen molar-refractivity contribution in [1.29, 1.82) is 0 Å². The molecule has 168 valence electrons. The van der Waals surface area contributed by atoms with Gasteiger partial charge in [0, 0.05) is 31.9 Å². The van der Waals surface area contributed by atoms with Gasteiger partial charge in [0.15, 0.2) is 5.54 Å². The van der Waals surface area contributed by atoms with Crippen LogP contribution in [0.5, 0.6) is 0 Å². The van der Waals surface area contributed by atoms with Crippen LogP contribution < -0.4 is 10.2 Å². The lowest BCUT2D eigenvalue weighted by atomic mass is 9.83. The predicted molar refractivity (Wildman–Crippen MR) is 129 cm³/mol. The lowest BCUT2D eigenvalue weighted by molar-refractivity contribution is -0.131. The lowest BCUT2D eigenvalue weighted by Crippen LogP contribution is -2.52. The normalized spacial score (nSPS) is 18.5. The van der Waals surface area contributed by atoms with E-state index in [9.17, 15) is 9.59 Å². The summed E-state index contributed by atoms with van der Waals surface area (Å²) in [5.74, 6) is -0.231. The molecule has 33 heavy (non-hydrogen) atoms. The maximum atomic E-state index is 13.8. The summed E-state index contributed by atoms with van der Waals surface area (Å²) in [5, 5.41) is 3.03. The fourth-order valence-corrected chi connectivity index (χ4v) is 4.81. The number of carbonyl (C=O) groups is 2. The summed E-state index contributed by atoms with van der Waals surface area (Å²) in [6, 6.07) is 27.2. The Morgan fingerprint density at radius 2 is 1.39 bits per heavy atom. The SMILES string of the molecule is Cc1cccc(N2CCN(CN3C(=O)NC(c4ccccc4)(c4ccccc4)C3=O)CC2)c1. The second-order valence-electron chi connectivity index (χ2n) is 8.73.